The first-order valence-electron chi connectivity index (χ1n) is 8.48. The van der Waals surface area contributed by atoms with Crippen molar-refractivity contribution in [3.63, 3.8) is 0 Å². The maximum Gasteiger partial charge on any atom is 0.265 e. The zero-order valence-electron chi connectivity index (χ0n) is 14.0. The number of carbonyl (C=O) groups is 2. The van der Waals surface area contributed by atoms with E-state index < -0.39 is 0 Å². The van der Waals surface area contributed by atoms with Crippen molar-refractivity contribution in [1.82, 2.24) is 5.32 Å². The minimum atomic E-state index is -0.226. The highest BCUT2D eigenvalue weighted by Gasteiger charge is 2.21. The smallest absolute Gasteiger partial charge is 0.265 e. The van der Waals surface area contributed by atoms with Crippen molar-refractivity contribution < 1.29 is 9.59 Å². The van der Waals surface area contributed by atoms with Gasteiger partial charge in [-0.1, -0.05) is 37.4 Å². The average molecular weight is 377 g/mol. The van der Waals surface area contributed by atoms with Gasteiger partial charge in [0.1, 0.15) is 0 Å². The molecule has 0 bridgehead atoms. The van der Waals surface area contributed by atoms with Gasteiger partial charge in [-0.2, -0.15) is 0 Å². The van der Waals surface area contributed by atoms with Gasteiger partial charge in [0, 0.05) is 11.6 Å². The molecule has 6 heteroatoms. The van der Waals surface area contributed by atoms with Gasteiger partial charge in [0.15, 0.2) is 0 Å². The van der Waals surface area contributed by atoms with Crippen molar-refractivity contribution >= 4 is 40.4 Å². The minimum Gasteiger partial charge on any atom is -0.349 e. The van der Waals surface area contributed by atoms with E-state index in [-0.39, 0.29) is 17.9 Å². The molecule has 2 amide bonds. The molecular formula is C19H21ClN2O2S. The van der Waals surface area contributed by atoms with E-state index >= 15 is 0 Å². The maximum atomic E-state index is 12.5. The lowest BCUT2D eigenvalue weighted by molar-refractivity contribution is 0.0920. The number of carbonyl (C=O) groups excluding carboxylic acids is 2. The van der Waals surface area contributed by atoms with E-state index in [1.54, 1.807) is 24.3 Å². The van der Waals surface area contributed by atoms with Crippen molar-refractivity contribution in [3.05, 3.63) is 51.2 Å². The summed E-state index contributed by atoms with van der Waals surface area (Å²) < 4.78 is 0. The fraction of sp³-hybridized carbons (Fsp3) is 0.368. The molecule has 1 saturated carbocycles. The Morgan fingerprint density at radius 2 is 2.04 bits per heavy atom. The third-order valence-corrected chi connectivity index (χ3v) is 5.69. The number of hydrogen-bond donors (Lipinski definition) is 2. The van der Waals surface area contributed by atoms with Gasteiger partial charge in [0.25, 0.3) is 11.8 Å². The molecule has 2 aromatic rings. The summed E-state index contributed by atoms with van der Waals surface area (Å²) in [5, 5.41) is 8.13. The van der Waals surface area contributed by atoms with E-state index in [1.807, 2.05) is 11.4 Å². The second-order valence-corrected chi connectivity index (χ2v) is 7.92. The maximum absolute atomic E-state index is 12.5. The summed E-state index contributed by atoms with van der Waals surface area (Å²) in [7, 11) is 0. The number of hydrogen-bond acceptors (Lipinski definition) is 3. The highest BCUT2D eigenvalue weighted by Crippen LogP contribution is 2.26. The lowest BCUT2D eigenvalue weighted by atomic mass is 9.87. The van der Waals surface area contributed by atoms with E-state index in [0.717, 1.165) is 19.3 Å². The quantitative estimate of drug-likeness (QED) is 0.792. The zero-order valence-corrected chi connectivity index (χ0v) is 15.6. The minimum absolute atomic E-state index is 0.123. The Morgan fingerprint density at radius 3 is 2.76 bits per heavy atom. The van der Waals surface area contributed by atoms with Crippen molar-refractivity contribution in [2.24, 2.45) is 5.92 Å². The van der Waals surface area contributed by atoms with Crippen LogP contribution in [0.5, 0.6) is 0 Å². The predicted molar refractivity (Wildman–Crippen MR) is 103 cm³/mol. The molecule has 25 heavy (non-hydrogen) atoms. The fourth-order valence-corrected chi connectivity index (χ4v) is 3.97. The van der Waals surface area contributed by atoms with Crippen LogP contribution in [0.4, 0.5) is 5.69 Å². The van der Waals surface area contributed by atoms with Crippen LogP contribution in [0.25, 0.3) is 0 Å². The van der Waals surface area contributed by atoms with Gasteiger partial charge in [-0.05, 0) is 48.4 Å². The Morgan fingerprint density at radius 1 is 1.20 bits per heavy atom. The molecule has 1 heterocycles. The number of amides is 2. The van der Waals surface area contributed by atoms with Crippen LogP contribution in [0.15, 0.2) is 35.7 Å². The number of thiophene rings is 1. The predicted octanol–water partition coefficient (Wildman–Crippen LogP) is 4.96. The molecule has 0 spiro atoms. The van der Waals surface area contributed by atoms with Crippen LogP contribution in [-0.2, 0) is 0 Å². The normalized spacial score (nSPS) is 20.1. The standard InChI is InChI=1S/C19H21ClN2O2S/c1-12-4-2-5-14(10-12)21-18(23)13-7-8-15(20)16(11-13)22-19(24)17-6-3-9-25-17/h3,6-9,11-12,14H,2,4-5,10H2,1H3,(H,21,23)(H,22,24). The van der Waals surface area contributed by atoms with Gasteiger partial charge in [-0.3, -0.25) is 9.59 Å². The fourth-order valence-electron chi connectivity index (χ4n) is 3.19. The molecule has 2 N–H and O–H groups in total. The van der Waals surface area contributed by atoms with Crippen LogP contribution in [0, 0.1) is 5.92 Å². The largest absolute Gasteiger partial charge is 0.349 e. The Kier molecular flexibility index (Phi) is 5.76. The Balaban J connectivity index is 1.70. The summed E-state index contributed by atoms with van der Waals surface area (Å²) in [5.41, 5.74) is 0.953. The van der Waals surface area contributed by atoms with E-state index in [9.17, 15) is 9.59 Å². The third-order valence-electron chi connectivity index (χ3n) is 4.49. The summed E-state index contributed by atoms with van der Waals surface area (Å²) in [6.45, 7) is 2.22. The Hall–Kier alpha value is -1.85. The van der Waals surface area contributed by atoms with Gasteiger partial charge < -0.3 is 10.6 Å². The number of rotatable bonds is 4. The third kappa shape index (κ3) is 4.61. The SMILES string of the molecule is CC1CCCC(NC(=O)c2ccc(Cl)c(NC(=O)c3cccs3)c2)C1. The van der Waals surface area contributed by atoms with E-state index in [2.05, 4.69) is 17.6 Å². The molecule has 132 valence electrons. The van der Waals surface area contributed by atoms with Crippen molar-refractivity contribution in [3.8, 4) is 0 Å². The van der Waals surface area contributed by atoms with Crippen molar-refractivity contribution in [2.75, 3.05) is 5.32 Å². The van der Waals surface area contributed by atoms with Crippen LogP contribution < -0.4 is 10.6 Å². The van der Waals surface area contributed by atoms with E-state index in [4.69, 9.17) is 11.6 Å². The summed E-state index contributed by atoms with van der Waals surface area (Å²) >= 11 is 7.53. The number of benzene rings is 1. The second kappa shape index (κ2) is 8.02. The average Bonchev–Trinajstić information content (AvgIpc) is 3.11. The van der Waals surface area contributed by atoms with Crippen molar-refractivity contribution in [2.45, 2.75) is 38.6 Å². The first kappa shape index (κ1) is 18.0. The highest BCUT2D eigenvalue weighted by molar-refractivity contribution is 7.12. The van der Waals surface area contributed by atoms with Gasteiger partial charge >= 0.3 is 0 Å². The highest BCUT2D eigenvalue weighted by atomic mass is 35.5. The molecule has 1 aromatic heterocycles. The second-order valence-electron chi connectivity index (χ2n) is 6.57. The molecule has 1 aromatic carbocycles. The number of anilines is 1. The molecule has 0 radical (unpaired) electrons. The molecule has 1 aliphatic rings. The Bertz CT molecular complexity index is 761. The summed E-state index contributed by atoms with van der Waals surface area (Å²) in [6.07, 6.45) is 4.41. The first-order chi connectivity index (χ1) is 12.0. The first-order valence-corrected chi connectivity index (χ1v) is 9.74. The van der Waals surface area contributed by atoms with E-state index in [1.165, 1.54) is 17.8 Å². The monoisotopic (exact) mass is 376 g/mol. The molecular weight excluding hydrogens is 356 g/mol. The van der Waals surface area contributed by atoms with E-state index in [0.29, 0.717) is 27.1 Å². The molecule has 0 aliphatic heterocycles. The topological polar surface area (TPSA) is 58.2 Å². The van der Waals surface area contributed by atoms with Crippen LogP contribution in [0.3, 0.4) is 0 Å². The van der Waals surface area contributed by atoms with Gasteiger partial charge in [0.05, 0.1) is 15.6 Å². The van der Waals surface area contributed by atoms with Gasteiger partial charge in [-0.25, -0.2) is 0 Å². The van der Waals surface area contributed by atoms with Crippen LogP contribution in [-0.4, -0.2) is 17.9 Å². The molecule has 0 saturated heterocycles. The molecule has 1 fully saturated rings. The number of halogens is 1. The lowest BCUT2D eigenvalue weighted by Crippen LogP contribution is -2.38. The summed E-state index contributed by atoms with van der Waals surface area (Å²) in [6, 6.07) is 8.74. The molecule has 4 nitrogen and oxygen atoms in total. The summed E-state index contributed by atoms with van der Waals surface area (Å²) in [4.78, 5) is 25.3. The molecule has 1 aliphatic carbocycles. The van der Waals surface area contributed by atoms with Gasteiger partial charge in [-0.15, -0.1) is 11.3 Å². The molecule has 2 atom stereocenters. The molecule has 3 rings (SSSR count). The lowest BCUT2D eigenvalue weighted by Gasteiger charge is -2.27. The molecule has 2 unspecified atom stereocenters. The van der Waals surface area contributed by atoms with Crippen molar-refractivity contribution in [1.29, 1.82) is 0 Å². The van der Waals surface area contributed by atoms with Crippen LogP contribution in [0.1, 0.15) is 52.6 Å². The van der Waals surface area contributed by atoms with Gasteiger partial charge in [0.2, 0.25) is 0 Å². The Labute approximate surface area is 156 Å². The number of nitrogens with one attached hydrogen (secondary N) is 2. The summed E-state index contributed by atoms with van der Waals surface area (Å²) in [5.74, 6) is 0.294. The van der Waals surface area contributed by atoms with Crippen LogP contribution >= 0.6 is 22.9 Å². The van der Waals surface area contributed by atoms with Crippen LogP contribution in [0.2, 0.25) is 5.02 Å². The zero-order chi connectivity index (χ0) is 17.8.